The molecule has 0 aromatic heterocycles. The fourth-order valence-corrected chi connectivity index (χ4v) is 6.21. The Labute approximate surface area is 239 Å². The predicted octanol–water partition coefficient (Wildman–Crippen LogP) is 6.34. The van der Waals surface area contributed by atoms with E-state index in [4.69, 9.17) is 16.3 Å². The summed E-state index contributed by atoms with van der Waals surface area (Å²) < 4.78 is 34.6. The molecule has 1 amide bonds. The molecular formula is C31H29ClN2O5S. The molecule has 0 saturated heterocycles. The number of sulfonamides is 1. The summed E-state index contributed by atoms with van der Waals surface area (Å²) in [6.07, 6.45) is 0. The Hall–Kier alpha value is -4.14. The number of carbonyl (C=O) groups is 2. The van der Waals surface area contributed by atoms with Crippen LogP contribution in [0.1, 0.15) is 32.6 Å². The fraction of sp³-hybridized carbons (Fsp3) is 0.161. The molecule has 1 N–H and O–H groups in total. The van der Waals surface area contributed by atoms with Crippen molar-refractivity contribution in [3.8, 4) is 5.75 Å². The molecule has 0 aliphatic carbocycles. The van der Waals surface area contributed by atoms with Crippen LogP contribution in [0.2, 0.25) is 5.02 Å². The highest BCUT2D eigenvalue weighted by Gasteiger charge is 2.31. The first-order chi connectivity index (χ1) is 19.0. The number of methoxy groups -OCH3 is 1. The van der Waals surface area contributed by atoms with E-state index in [1.165, 1.54) is 25.3 Å². The van der Waals surface area contributed by atoms with Crippen molar-refractivity contribution in [2.24, 2.45) is 0 Å². The van der Waals surface area contributed by atoms with E-state index in [1.54, 1.807) is 67.6 Å². The molecule has 0 bridgehead atoms. The molecule has 40 heavy (non-hydrogen) atoms. The third-order valence-electron chi connectivity index (χ3n) is 6.21. The van der Waals surface area contributed by atoms with Crippen LogP contribution in [-0.4, -0.2) is 33.8 Å². The molecular weight excluding hydrogens is 548 g/mol. The summed E-state index contributed by atoms with van der Waals surface area (Å²) >= 11 is 6.18. The van der Waals surface area contributed by atoms with Gasteiger partial charge >= 0.3 is 0 Å². The number of amides is 1. The maximum absolute atomic E-state index is 14.1. The Balaban J connectivity index is 1.74. The summed E-state index contributed by atoms with van der Waals surface area (Å²) in [5.41, 5.74) is 3.54. The number of carbonyl (C=O) groups excluding carboxylic acids is 2. The van der Waals surface area contributed by atoms with Crippen molar-refractivity contribution in [2.75, 3.05) is 23.3 Å². The van der Waals surface area contributed by atoms with Gasteiger partial charge in [0.15, 0.2) is 5.78 Å². The largest absolute Gasteiger partial charge is 0.495 e. The van der Waals surface area contributed by atoms with E-state index >= 15 is 0 Å². The lowest BCUT2D eigenvalue weighted by molar-refractivity contribution is -0.114. The summed E-state index contributed by atoms with van der Waals surface area (Å²) in [5, 5.41) is 3.05. The number of hydrogen-bond acceptors (Lipinski definition) is 5. The molecule has 0 unspecified atom stereocenters. The molecule has 0 aliphatic heterocycles. The van der Waals surface area contributed by atoms with E-state index < -0.39 is 22.5 Å². The zero-order valence-electron chi connectivity index (χ0n) is 22.6. The number of nitrogens with one attached hydrogen (secondary N) is 1. The lowest BCUT2D eigenvalue weighted by Gasteiger charge is -2.26. The van der Waals surface area contributed by atoms with Gasteiger partial charge in [-0.25, -0.2) is 8.42 Å². The number of hydrogen-bond donors (Lipinski definition) is 1. The van der Waals surface area contributed by atoms with Gasteiger partial charge in [-0.15, -0.1) is 0 Å². The summed E-state index contributed by atoms with van der Waals surface area (Å²) in [5.74, 6) is -0.811. The Morgan fingerprint density at radius 2 is 1.52 bits per heavy atom. The standard InChI is InChI=1S/C31H29ClN2O5S/c1-20-10-13-28(39-4)29(17-20)40(37,38)34(25-15-21(2)14-22(3)16-25)19-30(35)33-27-12-11-24(32)18-26(27)31(36)23-8-6-5-7-9-23/h5-18H,19H2,1-4H3,(H,33,35). The number of nitrogens with zero attached hydrogens (tertiary/aromatic N) is 1. The van der Waals surface area contributed by atoms with Gasteiger partial charge in [0.2, 0.25) is 5.91 Å². The second-order valence-electron chi connectivity index (χ2n) is 9.45. The molecule has 206 valence electrons. The van der Waals surface area contributed by atoms with Gasteiger partial charge in [-0.2, -0.15) is 0 Å². The summed E-state index contributed by atoms with van der Waals surface area (Å²) in [6.45, 7) is 4.93. The molecule has 0 spiro atoms. The van der Waals surface area contributed by atoms with Crippen molar-refractivity contribution in [1.29, 1.82) is 0 Å². The smallest absolute Gasteiger partial charge is 0.268 e. The lowest BCUT2D eigenvalue weighted by Crippen LogP contribution is -2.38. The van der Waals surface area contributed by atoms with E-state index in [0.29, 0.717) is 16.3 Å². The van der Waals surface area contributed by atoms with Gasteiger partial charge in [-0.05, 0) is 79.9 Å². The van der Waals surface area contributed by atoms with Crippen LogP contribution >= 0.6 is 11.6 Å². The van der Waals surface area contributed by atoms with E-state index in [9.17, 15) is 18.0 Å². The highest BCUT2D eigenvalue weighted by atomic mass is 35.5. The van der Waals surface area contributed by atoms with E-state index in [0.717, 1.165) is 21.0 Å². The molecule has 7 nitrogen and oxygen atoms in total. The fourth-order valence-electron chi connectivity index (χ4n) is 4.39. The van der Waals surface area contributed by atoms with Gasteiger partial charge in [-0.3, -0.25) is 13.9 Å². The van der Waals surface area contributed by atoms with Crippen LogP contribution in [0.4, 0.5) is 11.4 Å². The second-order valence-corrected chi connectivity index (χ2v) is 11.7. The number of ketones is 1. The van der Waals surface area contributed by atoms with E-state index in [2.05, 4.69) is 5.32 Å². The average Bonchev–Trinajstić information content (AvgIpc) is 2.92. The average molecular weight is 577 g/mol. The maximum Gasteiger partial charge on any atom is 0.268 e. The van der Waals surface area contributed by atoms with Gasteiger partial charge in [0.25, 0.3) is 10.0 Å². The van der Waals surface area contributed by atoms with Crippen LogP contribution in [0.15, 0.2) is 89.8 Å². The highest BCUT2D eigenvalue weighted by molar-refractivity contribution is 7.93. The van der Waals surface area contributed by atoms with Crippen molar-refractivity contribution in [1.82, 2.24) is 0 Å². The Morgan fingerprint density at radius 3 is 2.17 bits per heavy atom. The van der Waals surface area contributed by atoms with Crippen molar-refractivity contribution in [3.05, 3.63) is 118 Å². The van der Waals surface area contributed by atoms with Gasteiger partial charge in [0.1, 0.15) is 17.2 Å². The first kappa shape index (κ1) is 28.9. The SMILES string of the molecule is COc1ccc(C)cc1S(=O)(=O)N(CC(=O)Nc1ccc(Cl)cc1C(=O)c1ccccc1)c1cc(C)cc(C)c1. The maximum atomic E-state index is 14.1. The normalized spacial score (nSPS) is 11.1. The third-order valence-corrected chi connectivity index (χ3v) is 8.24. The number of halogens is 1. The number of anilines is 2. The van der Waals surface area contributed by atoms with Crippen LogP contribution in [-0.2, 0) is 14.8 Å². The zero-order valence-corrected chi connectivity index (χ0v) is 24.1. The number of ether oxygens (including phenoxy) is 1. The lowest BCUT2D eigenvalue weighted by atomic mass is 10.0. The van der Waals surface area contributed by atoms with Gasteiger partial charge in [0, 0.05) is 16.1 Å². The predicted molar refractivity (Wildman–Crippen MR) is 158 cm³/mol. The van der Waals surface area contributed by atoms with Crippen LogP contribution in [0.25, 0.3) is 0 Å². The Morgan fingerprint density at radius 1 is 0.850 bits per heavy atom. The Kier molecular flexibility index (Phi) is 8.61. The highest BCUT2D eigenvalue weighted by Crippen LogP contribution is 2.32. The molecule has 4 rings (SSSR count). The monoisotopic (exact) mass is 576 g/mol. The first-order valence-electron chi connectivity index (χ1n) is 12.4. The van der Waals surface area contributed by atoms with Crippen molar-refractivity contribution >= 4 is 44.7 Å². The van der Waals surface area contributed by atoms with Crippen molar-refractivity contribution < 1.29 is 22.7 Å². The Bertz CT molecular complexity index is 1670. The van der Waals surface area contributed by atoms with Crippen LogP contribution < -0.4 is 14.4 Å². The van der Waals surface area contributed by atoms with Gasteiger partial charge < -0.3 is 10.1 Å². The number of rotatable bonds is 9. The quantitative estimate of drug-likeness (QED) is 0.235. The first-order valence-corrected chi connectivity index (χ1v) is 14.3. The van der Waals surface area contributed by atoms with Gasteiger partial charge in [0.05, 0.1) is 18.5 Å². The second kappa shape index (κ2) is 11.9. The van der Waals surface area contributed by atoms with Crippen LogP contribution in [0.3, 0.4) is 0 Å². The van der Waals surface area contributed by atoms with Gasteiger partial charge in [-0.1, -0.05) is 54.1 Å². The molecule has 0 radical (unpaired) electrons. The molecule has 0 aliphatic rings. The molecule has 0 atom stereocenters. The molecule has 0 fully saturated rings. The topological polar surface area (TPSA) is 92.8 Å². The summed E-state index contributed by atoms with van der Waals surface area (Å²) in [6, 6.07) is 23.3. The van der Waals surface area contributed by atoms with Crippen LogP contribution in [0, 0.1) is 20.8 Å². The van der Waals surface area contributed by atoms with Crippen LogP contribution in [0.5, 0.6) is 5.75 Å². The molecule has 9 heteroatoms. The summed E-state index contributed by atoms with van der Waals surface area (Å²) in [4.78, 5) is 26.6. The number of benzene rings is 4. The van der Waals surface area contributed by atoms with E-state index in [-0.39, 0.29) is 27.7 Å². The molecule has 0 heterocycles. The minimum absolute atomic E-state index is 0.0617. The molecule has 4 aromatic carbocycles. The minimum Gasteiger partial charge on any atom is -0.495 e. The van der Waals surface area contributed by atoms with Crippen molar-refractivity contribution in [3.63, 3.8) is 0 Å². The zero-order chi connectivity index (χ0) is 29.0. The summed E-state index contributed by atoms with van der Waals surface area (Å²) in [7, 11) is -2.86. The van der Waals surface area contributed by atoms with Crippen molar-refractivity contribution in [2.45, 2.75) is 25.7 Å². The minimum atomic E-state index is -4.26. The number of aryl methyl sites for hydroxylation is 3. The molecule has 4 aromatic rings. The third kappa shape index (κ3) is 6.35. The molecule has 0 saturated carbocycles. The van der Waals surface area contributed by atoms with E-state index in [1.807, 2.05) is 19.9 Å².